The minimum Gasteiger partial charge on any atom is -0.329 e. The van der Waals surface area contributed by atoms with E-state index in [0.717, 1.165) is 6.54 Å². The van der Waals surface area contributed by atoms with Crippen LogP contribution in [0.1, 0.15) is 49.9 Å². The van der Waals surface area contributed by atoms with Crippen LogP contribution < -0.4 is 11.5 Å². The molecule has 0 aromatic heterocycles. The van der Waals surface area contributed by atoms with Gasteiger partial charge in [-0.15, -0.1) is 6.58 Å². The number of nitrogens with two attached hydrogens (primary N) is 2. The standard InChI is InChI=1S/2C13H18ClFN2/c1-9(17(8-7-16)10-5-6-10)11-3-2-4-12(14)13(11)15;1-3-8-17(9-7-16)10(2)11-5-4-6-12(14)13(11)15/h2-4,9-10H,5-8,16H2,1H3;3-6,10H,1,7-9,16H2,2H3. The summed E-state index contributed by atoms with van der Waals surface area (Å²) in [4.78, 5) is 4.33. The second kappa shape index (κ2) is 14.1. The maximum absolute atomic E-state index is 13.9. The molecule has 1 aliphatic carbocycles. The first-order chi connectivity index (χ1) is 16.3. The smallest absolute Gasteiger partial charge is 0.146 e. The van der Waals surface area contributed by atoms with Crippen molar-refractivity contribution in [1.29, 1.82) is 0 Å². The Morgan fingerprint density at radius 3 is 1.88 bits per heavy atom. The van der Waals surface area contributed by atoms with E-state index in [0.29, 0.717) is 43.3 Å². The number of hydrogen-bond donors (Lipinski definition) is 2. The average Bonchev–Trinajstić information content (AvgIpc) is 3.66. The van der Waals surface area contributed by atoms with Crippen molar-refractivity contribution in [3.63, 3.8) is 0 Å². The Hall–Kier alpha value is -1.54. The summed E-state index contributed by atoms with van der Waals surface area (Å²) in [6.07, 6.45) is 4.16. The van der Waals surface area contributed by atoms with E-state index in [1.165, 1.54) is 12.8 Å². The van der Waals surface area contributed by atoms with Crippen molar-refractivity contribution < 1.29 is 8.78 Å². The zero-order chi connectivity index (χ0) is 25.3. The van der Waals surface area contributed by atoms with Gasteiger partial charge < -0.3 is 11.5 Å². The van der Waals surface area contributed by atoms with Gasteiger partial charge in [0.2, 0.25) is 0 Å². The van der Waals surface area contributed by atoms with Crippen LogP contribution in [0.3, 0.4) is 0 Å². The Morgan fingerprint density at radius 2 is 1.44 bits per heavy atom. The first-order valence-electron chi connectivity index (χ1n) is 11.6. The molecule has 34 heavy (non-hydrogen) atoms. The van der Waals surface area contributed by atoms with Gasteiger partial charge in [0.15, 0.2) is 0 Å². The molecule has 4 N–H and O–H groups in total. The first-order valence-corrected chi connectivity index (χ1v) is 12.4. The lowest BCUT2D eigenvalue weighted by Gasteiger charge is -2.29. The van der Waals surface area contributed by atoms with Crippen molar-refractivity contribution in [2.75, 3.05) is 32.7 Å². The molecule has 188 valence electrons. The molecule has 0 spiro atoms. The van der Waals surface area contributed by atoms with Crippen molar-refractivity contribution in [2.24, 2.45) is 11.5 Å². The molecule has 0 saturated heterocycles. The van der Waals surface area contributed by atoms with Crippen LogP contribution >= 0.6 is 23.2 Å². The minimum atomic E-state index is -0.354. The van der Waals surface area contributed by atoms with Crippen molar-refractivity contribution in [3.05, 3.63) is 81.9 Å². The van der Waals surface area contributed by atoms with E-state index in [-0.39, 0.29) is 33.8 Å². The minimum absolute atomic E-state index is 0.0322. The Morgan fingerprint density at radius 1 is 0.941 bits per heavy atom. The van der Waals surface area contributed by atoms with Gasteiger partial charge in [-0.05, 0) is 38.8 Å². The van der Waals surface area contributed by atoms with Crippen LogP contribution in [0.15, 0.2) is 49.1 Å². The van der Waals surface area contributed by atoms with Crippen molar-refractivity contribution in [3.8, 4) is 0 Å². The third-order valence-corrected chi connectivity index (χ3v) is 6.68. The van der Waals surface area contributed by atoms with Gasteiger partial charge in [0.25, 0.3) is 0 Å². The van der Waals surface area contributed by atoms with Crippen LogP contribution in [0, 0.1) is 11.6 Å². The fourth-order valence-corrected chi connectivity index (χ4v) is 4.45. The van der Waals surface area contributed by atoms with Gasteiger partial charge in [0.05, 0.1) is 10.0 Å². The molecule has 1 saturated carbocycles. The van der Waals surface area contributed by atoms with Crippen LogP contribution in [-0.2, 0) is 0 Å². The van der Waals surface area contributed by atoms with Crippen LogP contribution in [0.25, 0.3) is 0 Å². The lowest BCUT2D eigenvalue weighted by atomic mass is 10.1. The van der Waals surface area contributed by atoms with Crippen LogP contribution in [-0.4, -0.2) is 48.6 Å². The van der Waals surface area contributed by atoms with E-state index in [2.05, 4.69) is 16.4 Å². The van der Waals surface area contributed by atoms with Crippen molar-refractivity contribution in [1.82, 2.24) is 9.80 Å². The van der Waals surface area contributed by atoms with E-state index >= 15 is 0 Å². The van der Waals surface area contributed by atoms with Crippen LogP contribution in [0.2, 0.25) is 10.0 Å². The Bertz CT molecular complexity index is 924. The van der Waals surface area contributed by atoms with Gasteiger partial charge in [-0.1, -0.05) is 53.5 Å². The normalized spacial score (nSPS) is 15.1. The highest BCUT2D eigenvalue weighted by molar-refractivity contribution is 6.31. The summed E-state index contributed by atoms with van der Waals surface area (Å²) in [7, 11) is 0. The first kappa shape index (κ1) is 28.7. The molecule has 0 amide bonds. The monoisotopic (exact) mass is 512 g/mol. The number of halogens is 4. The maximum Gasteiger partial charge on any atom is 0.146 e. The van der Waals surface area contributed by atoms with E-state index in [1.807, 2.05) is 13.8 Å². The zero-order valence-corrected chi connectivity index (χ0v) is 21.5. The van der Waals surface area contributed by atoms with Crippen molar-refractivity contribution in [2.45, 2.75) is 44.8 Å². The number of rotatable bonds is 11. The molecule has 1 fully saturated rings. The van der Waals surface area contributed by atoms with Gasteiger partial charge >= 0.3 is 0 Å². The molecule has 2 aromatic rings. The molecular formula is C26H36Cl2F2N4. The molecule has 1 aliphatic rings. The number of hydrogen-bond acceptors (Lipinski definition) is 4. The Kier molecular flexibility index (Phi) is 11.9. The molecule has 0 bridgehead atoms. The fourth-order valence-electron chi connectivity index (χ4n) is 4.08. The highest BCUT2D eigenvalue weighted by Gasteiger charge is 2.33. The van der Waals surface area contributed by atoms with Gasteiger partial charge in [-0.2, -0.15) is 0 Å². The van der Waals surface area contributed by atoms with Gasteiger partial charge in [0, 0.05) is 62.0 Å². The quantitative estimate of drug-likeness (QED) is 0.365. The van der Waals surface area contributed by atoms with Gasteiger partial charge in [0.1, 0.15) is 11.6 Å². The fraction of sp³-hybridized carbons (Fsp3) is 0.462. The lowest BCUT2D eigenvalue weighted by molar-refractivity contribution is 0.202. The molecule has 0 radical (unpaired) electrons. The Labute approximate surface area is 212 Å². The summed E-state index contributed by atoms with van der Waals surface area (Å²) in [5, 5.41) is 0.346. The molecular weight excluding hydrogens is 477 g/mol. The third-order valence-electron chi connectivity index (χ3n) is 6.09. The molecule has 8 heteroatoms. The molecule has 0 aliphatic heterocycles. The van der Waals surface area contributed by atoms with E-state index in [4.69, 9.17) is 34.7 Å². The molecule has 3 rings (SSSR count). The van der Waals surface area contributed by atoms with Crippen LogP contribution in [0.5, 0.6) is 0 Å². The molecule has 0 heterocycles. The topological polar surface area (TPSA) is 58.5 Å². The van der Waals surface area contributed by atoms with Crippen molar-refractivity contribution >= 4 is 23.2 Å². The van der Waals surface area contributed by atoms with Crippen LogP contribution in [0.4, 0.5) is 8.78 Å². The lowest BCUT2D eigenvalue weighted by Crippen LogP contribution is -2.34. The second-order valence-corrected chi connectivity index (χ2v) is 9.28. The zero-order valence-electron chi connectivity index (χ0n) is 20.0. The summed E-state index contributed by atoms with van der Waals surface area (Å²) in [6.45, 7) is 10.9. The molecule has 2 atom stereocenters. The Balaban J connectivity index is 0.000000240. The van der Waals surface area contributed by atoms with E-state index in [9.17, 15) is 8.78 Å². The SMILES string of the molecule is C=CCN(CCN)C(C)c1cccc(Cl)c1F.CC(c1cccc(Cl)c1F)N(CCN)C1CC1. The summed E-state index contributed by atoms with van der Waals surface area (Å²) in [5.41, 5.74) is 12.4. The predicted molar refractivity (Wildman–Crippen MR) is 139 cm³/mol. The highest BCUT2D eigenvalue weighted by Crippen LogP contribution is 2.35. The average molecular weight is 514 g/mol. The summed E-state index contributed by atoms with van der Waals surface area (Å²) < 4.78 is 27.8. The molecule has 2 unspecified atom stereocenters. The third kappa shape index (κ3) is 7.74. The van der Waals surface area contributed by atoms with E-state index < -0.39 is 0 Å². The molecule has 4 nitrogen and oxygen atoms in total. The van der Waals surface area contributed by atoms with Gasteiger partial charge in [-0.3, -0.25) is 9.80 Å². The predicted octanol–water partition coefficient (Wildman–Crippen LogP) is 5.95. The summed E-state index contributed by atoms with van der Waals surface area (Å²) in [6, 6.07) is 10.8. The van der Waals surface area contributed by atoms with E-state index in [1.54, 1.807) is 42.5 Å². The number of nitrogens with zero attached hydrogens (tertiary/aromatic N) is 2. The summed E-state index contributed by atoms with van der Waals surface area (Å²) in [5.74, 6) is -0.655. The maximum atomic E-state index is 13.9. The largest absolute Gasteiger partial charge is 0.329 e. The van der Waals surface area contributed by atoms with Gasteiger partial charge in [-0.25, -0.2) is 8.78 Å². The number of benzene rings is 2. The second-order valence-electron chi connectivity index (χ2n) is 8.47. The molecule has 2 aromatic carbocycles. The highest BCUT2D eigenvalue weighted by atomic mass is 35.5. The summed E-state index contributed by atoms with van der Waals surface area (Å²) >= 11 is 11.6.